The molecule has 1 aromatic heterocycles. The fourth-order valence-corrected chi connectivity index (χ4v) is 3.99. The van der Waals surface area contributed by atoms with Crippen LogP contribution < -0.4 is 4.90 Å². The molecule has 1 aliphatic heterocycles. The minimum Gasteiger partial charge on any atom is -0.345 e. The number of aromatic nitrogens is 2. The molecule has 1 fully saturated rings. The van der Waals surface area contributed by atoms with Crippen LogP contribution in [0.25, 0.3) is 0 Å². The first-order valence-corrected chi connectivity index (χ1v) is 10.5. The van der Waals surface area contributed by atoms with E-state index in [0.717, 1.165) is 50.0 Å². The number of benzene rings is 1. The Morgan fingerprint density at radius 2 is 1.85 bits per heavy atom. The molecule has 3 rings (SSSR count). The van der Waals surface area contributed by atoms with Crippen LogP contribution in [0, 0.1) is 12.3 Å². The molecule has 2 aromatic rings. The minimum atomic E-state index is 0.0349. The SMILES string of the molecule is Cc1ccc(Cc2nsc(N3CCCN(C(=O)CC(C)(C)C)CC3)n2)cc1. The summed E-state index contributed by atoms with van der Waals surface area (Å²) >= 11 is 1.47. The van der Waals surface area contributed by atoms with Crippen LogP contribution in [-0.2, 0) is 11.2 Å². The van der Waals surface area contributed by atoms with Crippen molar-refractivity contribution in [2.75, 3.05) is 31.1 Å². The summed E-state index contributed by atoms with van der Waals surface area (Å²) < 4.78 is 4.55. The highest BCUT2D eigenvalue weighted by Gasteiger charge is 2.24. The molecule has 0 spiro atoms. The molecule has 0 unspecified atom stereocenters. The monoisotopic (exact) mass is 386 g/mol. The summed E-state index contributed by atoms with van der Waals surface area (Å²) in [6.07, 6.45) is 2.34. The van der Waals surface area contributed by atoms with Gasteiger partial charge in [-0.2, -0.15) is 4.37 Å². The summed E-state index contributed by atoms with van der Waals surface area (Å²) in [7, 11) is 0. The van der Waals surface area contributed by atoms with Crippen molar-refractivity contribution < 1.29 is 4.79 Å². The summed E-state index contributed by atoms with van der Waals surface area (Å²) in [5.74, 6) is 1.14. The van der Waals surface area contributed by atoms with Crippen LogP contribution in [0.5, 0.6) is 0 Å². The molecule has 1 saturated heterocycles. The molecule has 6 heteroatoms. The molecule has 1 amide bonds. The number of rotatable bonds is 4. The van der Waals surface area contributed by atoms with Gasteiger partial charge in [0.1, 0.15) is 5.82 Å². The molecular formula is C21H30N4OS. The normalized spacial score (nSPS) is 15.7. The molecule has 0 radical (unpaired) electrons. The molecule has 0 atom stereocenters. The number of nitrogens with zero attached hydrogens (tertiary/aromatic N) is 4. The maximum Gasteiger partial charge on any atom is 0.223 e. The lowest BCUT2D eigenvalue weighted by atomic mass is 9.91. The third-order valence-corrected chi connectivity index (χ3v) is 5.56. The van der Waals surface area contributed by atoms with E-state index in [2.05, 4.69) is 61.2 Å². The number of anilines is 1. The molecule has 2 heterocycles. The largest absolute Gasteiger partial charge is 0.345 e. The lowest BCUT2D eigenvalue weighted by Gasteiger charge is -2.25. The van der Waals surface area contributed by atoms with Crippen LogP contribution in [0.15, 0.2) is 24.3 Å². The first-order valence-electron chi connectivity index (χ1n) is 9.71. The van der Waals surface area contributed by atoms with Crippen LogP contribution >= 0.6 is 11.5 Å². The zero-order chi connectivity index (χ0) is 19.4. The van der Waals surface area contributed by atoms with Crippen molar-refractivity contribution in [2.24, 2.45) is 5.41 Å². The maximum atomic E-state index is 12.5. The summed E-state index contributed by atoms with van der Waals surface area (Å²) in [5.41, 5.74) is 2.54. The van der Waals surface area contributed by atoms with E-state index in [0.29, 0.717) is 6.42 Å². The van der Waals surface area contributed by atoms with E-state index in [1.165, 1.54) is 22.7 Å². The molecule has 0 saturated carbocycles. The van der Waals surface area contributed by atoms with Crippen molar-refractivity contribution in [1.29, 1.82) is 0 Å². The summed E-state index contributed by atoms with van der Waals surface area (Å²) in [4.78, 5) is 21.6. The van der Waals surface area contributed by atoms with Crippen LogP contribution in [0.4, 0.5) is 5.13 Å². The second kappa shape index (κ2) is 8.38. The number of aryl methyl sites for hydroxylation is 1. The van der Waals surface area contributed by atoms with Crippen LogP contribution in [0.3, 0.4) is 0 Å². The zero-order valence-electron chi connectivity index (χ0n) is 16.9. The number of carbonyl (C=O) groups excluding carboxylic acids is 1. The molecule has 1 aromatic carbocycles. The number of carbonyl (C=O) groups is 1. The van der Waals surface area contributed by atoms with E-state index < -0.39 is 0 Å². The Balaban J connectivity index is 1.58. The molecule has 27 heavy (non-hydrogen) atoms. The van der Waals surface area contributed by atoms with E-state index in [9.17, 15) is 4.79 Å². The van der Waals surface area contributed by atoms with Crippen molar-refractivity contribution in [3.63, 3.8) is 0 Å². The third kappa shape index (κ3) is 5.76. The van der Waals surface area contributed by atoms with Gasteiger partial charge in [-0.3, -0.25) is 4.79 Å². The van der Waals surface area contributed by atoms with Gasteiger partial charge in [0.05, 0.1) is 0 Å². The molecule has 0 aliphatic carbocycles. The van der Waals surface area contributed by atoms with Crippen molar-refractivity contribution in [2.45, 2.75) is 47.0 Å². The molecule has 5 nitrogen and oxygen atoms in total. The molecule has 146 valence electrons. The predicted molar refractivity (Wildman–Crippen MR) is 111 cm³/mol. The topological polar surface area (TPSA) is 49.3 Å². The highest BCUT2D eigenvalue weighted by Crippen LogP contribution is 2.23. The van der Waals surface area contributed by atoms with Gasteiger partial charge in [-0.1, -0.05) is 50.6 Å². The van der Waals surface area contributed by atoms with Gasteiger partial charge in [0.15, 0.2) is 0 Å². The van der Waals surface area contributed by atoms with Crippen molar-refractivity contribution >= 4 is 22.6 Å². The fraction of sp³-hybridized carbons (Fsp3) is 0.571. The van der Waals surface area contributed by atoms with E-state index in [1.807, 2.05) is 4.90 Å². The van der Waals surface area contributed by atoms with Gasteiger partial charge < -0.3 is 9.80 Å². The van der Waals surface area contributed by atoms with Crippen molar-refractivity contribution in [1.82, 2.24) is 14.3 Å². The Morgan fingerprint density at radius 1 is 1.11 bits per heavy atom. The van der Waals surface area contributed by atoms with Gasteiger partial charge in [0.25, 0.3) is 0 Å². The molecule has 1 aliphatic rings. The zero-order valence-corrected chi connectivity index (χ0v) is 17.7. The highest BCUT2D eigenvalue weighted by atomic mass is 32.1. The van der Waals surface area contributed by atoms with Gasteiger partial charge in [-0.05, 0) is 24.3 Å². The standard InChI is InChI=1S/C21H30N4OS/c1-16-6-8-17(9-7-16)14-18-22-20(27-23-18)25-11-5-10-24(12-13-25)19(26)15-21(2,3)4/h6-9H,5,10-15H2,1-4H3. The Labute approximate surface area is 166 Å². The number of hydrogen-bond acceptors (Lipinski definition) is 5. The fourth-order valence-electron chi connectivity index (χ4n) is 3.26. The van der Waals surface area contributed by atoms with E-state index in [1.54, 1.807) is 0 Å². The summed E-state index contributed by atoms with van der Waals surface area (Å²) in [6.45, 7) is 11.8. The quantitative estimate of drug-likeness (QED) is 0.799. The van der Waals surface area contributed by atoms with Crippen molar-refractivity contribution in [3.8, 4) is 0 Å². The first kappa shape index (κ1) is 19.8. The predicted octanol–water partition coefficient (Wildman–Crippen LogP) is 3.91. The lowest BCUT2D eigenvalue weighted by Crippen LogP contribution is -2.36. The Bertz CT molecular complexity index is 763. The molecular weight excluding hydrogens is 356 g/mol. The maximum absolute atomic E-state index is 12.5. The number of amides is 1. The number of hydrogen-bond donors (Lipinski definition) is 0. The summed E-state index contributed by atoms with van der Waals surface area (Å²) in [5, 5.41) is 0.974. The van der Waals surface area contributed by atoms with Gasteiger partial charge in [-0.15, -0.1) is 0 Å². The van der Waals surface area contributed by atoms with E-state index in [-0.39, 0.29) is 11.3 Å². The van der Waals surface area contributed by atoms with Crippen LogP contribution in [-0.4, -0.2) is 46.3 Å². The van der Waals surface area contributed by atoms with Crippen LogP contribution in [0.2, 0.25) is 0 Å². The van der Waals surface area contributed by atoms with Gasteiger partial charge in [-0.25, -0.2) is 4.98 Å². The second-order valence-corrected chi connectivity index (χ2v) is 9.34. The Kier molecular flexibility index (Phi) is 6.15. The van der Waals surface area contributed by atoms with Crippen LogP contribution in [0.1, 0.15) is 50.6 Å². The lowest BCUT2D eigenvalue weighted by molar-refractivity contribution is -0.132. The summed E-state index contributed by atoms with van der Waals surface area (Å²) in [6, 6.07) is 8.53. The average Bonchev–Trinajstić information content (AvgIpc) is 2.90. The Morgan fingerprint density at radius 3 is 2.56 bits per heavy atom. The minimum absolute atomic E-state index is 0.0349. The molecule has 0 N–H and O–H groups in total. The second-order valence-electron chi connectivity index (χ2n) is 8.61. The highest BCUT2D eigenvalue weighted by molar-refractivity contribution is 7.09. The molecule has 0 bridgehead atoms. The average molecular weight is 387 g/mol. The van der Waals surface area contributed by atoms with Crippen molar-refractivity contribution in [3.05, 3.63) is 41.2 Å². The Hall–Kier alpha value is -1.95. The smallest absolute Gasteiger partial charge is 0.223 e. The van der Waals surface area contributed by atoms with Gasteiger partial charge in [0, 0.05) is 50.6 Å². The van der Waals surface area contributed by atoms with E-state index >= 15 is 0 Å². The van der Waals surface area contributed by atoms with Gasteiger partial charge >= 0.3 is 0 Å². The van der Waals surface area contributed by atoms with E-state index in [4.69, 9.17) is 4.98 Å². The first-order chi connectivity index (χ1) is 12.8. The third-order valence-electron chi connectivity index (χ3n) is 4.74. The van der Waals surface area contributed by atoms with Gasteiger partial charge in [0.2, 0.25) is 11.0 Å².